The highest BCUT2D eigenvalue weighted by Gasteiger charge is 2.83. The van der Waals surface area contributed by atoms with E-state index in [-0.39, 0.29) is 51.0 Å². The molecule has 23 heteroatoms. The lowest BCUT2D eigenvalue weighted by atomic mass is 9.42. The van der Waals surface area contributed by atoms with Gasteiger partial charge in [-0.15, -0.1) is 0 Å². The van der Waals surface area contributed by atoms with Crippen molar-refractivity contribution in [3.63, 3.8) is 0 Å². The van der Waals surface area contributed by atoms with Gasteiger partial charge in [0, 0.05) is 72.4 Å². The number of benzene rings is 1. The number of carbonyl (C=O) groups excluding carboxylic acids is 3. The van der Waals surface area contributed by atoms with E-state index in [0.717, 1.165) is 11.1 Å². The Morgan fingerprint density at radius 2 is 1.09 bits per heavy atom. The van der Waals surface area contributed by atoms with Crippen molar-refractivity contribution in [1.29, 1.82) is 0 Å². The van der Waals surface area contributed by atoms with E-state index in [1.807, 2.05) is 50.3 Å². The maximum Gasteiger partial charge on any atom is 0.331 e. The molecule has 0 spiro atoms. The summed E-state index contributed by atoms with van der Waals surface area (Å²) in [5.41, 5.74) is -6.44. The van der Waals surface area contributed by atoms with Gasteiger partial charge in [-0.25, -0.2) is 4.79 Å². The number of rotatable bonds is 18. The molecule has 5 heterocycles. The molecule has 9 aliphatic rings. The number of esters is 2. The average molecular weight is 1250 g/mol. The average Bonchev–Trinajstić information content (AvgIpc) is 1.39. The van der Waals surface area contributed by atoms with E-state index in [1.54, 1.807) is 55.1 Å². The minimum atomic E-state index is -2.04. The molecule has 5 saturated heterocycles. The molecule has 88 heavy (non-hydrogen) atoms. The van der Waals surface area contributed by atoms with Crippen LogP contribution in [0, 0.1) is 16.7 Å². The highest BCUT2D eigenvalue weighted by Crippen LogP contribution is 2.72. The third-order valence-electron chi connectivity index (χ3n) is 21.5. The molecule has 23 nitrogen and oxygen atoms in total. The molecule has 28 atom stereocenters. The third kappa shape index (κ3) is 12.6. The van der Waals surface area contributed by atoms with Gasteiger partial charge in [0.25, 0.3) is 0 Å². The van der Waals surface area contributed by atoms with Gasteiger partial charge in [-0.2, -0.15) is 0 Å². The maximum absolute atomic E-state index is 13.9. The number of hydrogen-bond donors (Lipinski definition) is 5. The van der Waals surface area contributed by atoms with Crippen LogP contribution in [0.25, 0.3) is 6.08 Å². The Hall–Kier alpha value is -3.41. The van der Waals surface area contributed by atoms with Gasteiger partial charge in [0.05, 0.1) is 72.6 Å². The van der Waals surface area contributed by atoms with Crippen molar-refractivity contribution in [1.82, 2.24) is 0 Å². The summed E-state index contributed by atoms with van der Waals surface area (Å²) in [6, 6.07) is 9.21. The molecule has 1 aromatic carbocycles. The molecular formula is C65H96O23. The van der Waals surface area contributed by atoms with Crippen molar-refractivity contribution in [2.75, 3.05) is 21.3 Å². The van der Waals surface area contributed by atoms with E-state index < -0.39 is 180 Å². The van der Waals surface area contributed by atoms with Crippen molar-refractivity contribution in [3.05, 3.63) is 53.6 Å². The first-order valence-corrected chi connectivity index (χ1v) is 31.7. The maximum atomic E-state index is 13.9. The molecule has 4 aliphatic carbocycles. The van der Waals surface area contributed by atoms with Crippen LogP contribution in [0.3, 0.4) is 0 Å². The number of Topliss-reactive ketones (excluding diaryl/α,β-unsaturated/α-hetero) is 1. The SMILES string of the molecule is COC1CC(OC2C(C)OC(OC3C(C)OC(OC4C(O)CC(OC5C(O)CC(OC6CCC7(C)C(=CCC8(O)C7CC(OC(=O)C=Cc7ccccc7)C7(C)C(OC(C)=O)(C(C)=O)CCC87O)C6)OC5C)OC4C)CC3OC)CC2OC)OC(C)C1O. The largest absolute Gasteiger partial charge is 0.458 e. The molecule has 28 unspecified atom stereocenters. The number of methoxy groups -OCH3 is 3. The second-order valence-corrected chi connectivity index (χ2v) is 26.7. The van der Waals surface area contributed by atoms with Gasteiger partial charge in [-0.1, -0.05) is 48.9 Å². The molecular weight excluding hydrogens is 1150 g/mol. The first-order chi connectivity index (χ1) is 41.7. The molecule has 494 valence electrons. The number of ketones is 1. The van der Waals surface area contributed by atoms with Crippen molar-refractivity contribution in [2.45, 2.75) is 291 Å². The predicted molar refractivity (Wildman–Crippen MR) is 310 cm³/mol. The lowest BCUT2D eigenvalue weighted by molar-refractivity contribution is -0.351. The van der Waals surface area contributed by atoms with Crippen LogP contribution >= 0.6 is 0 Å². The molecule has 5 N–H and O–H groups in total. The van der Waals surface area contributed by atoms with Crippen LogP contribution in [-0.2, 0) is 85.4 Å². The highest BCUT2D eigenvalue weighted by molar-refractivity contribution is 5.90. The van der Waals surface area contributed by atoms with Crippen LogP contribution in [0.15, 0.2) is 48.1 Å². The fraction of sp³-hybridized carbons (Fsp3) is 0.800. The number of carbonyl (C=O) groups is 3. The monoisotopic (exact) mass is 1240 g/mol. The topological polar surface area (TPSA) is 291 Å². The Morgan fingerprint density at radius 3 is 1.60 bits per heavy atom. The molecule has 0 bridgehead atoms. The van der Waals surface area contributed by atoms with Gasteiger partial charge >= 0.3 is 11.9 Å². The lowest BCUT2D eigenvalue weighted by Crippen LogP contribution is -2.78. The highest BCUT2D eigenvalue weighted by atomic mass is 16.8. The molecule has 5 aliphatic heterocycles. The van der Waals surface area contributed by atoms with Crippen molar-refractivity contribution < 1.29 is 111 Å². The van der Waals surface area contributed by atoms with E-state index in [1.165, 1.54) is 19.9 Å². The summed E-state index contributed by atoms with van der Waals surface area (Å²) in [6.07, 6.45) is -7.42. The number of aliphatic hydroxyl groups is 5. The fourth-order valence-corrected chi connectivity index (χ4v) is 16.7. The Labute approximate surface area is 516 Å². The van der Waals surface area contributed by atoms with Crippen LogP contribution in [0.1, 0.15) is 145 Å². The van der Waals surface area contributed by atoms with Crippen molar-refractivity contribution in [2.24, 2.45) is 16.7 Å². The smallest absolute Gasteiger partial charge is 0.331 e. The first-order valence-electron chi connectivity index (χ1n) is 31.7. The van der Waals surface area contributed by atoms with Gasteiger partial charge in [-0.05, 0) is 110 Å². The number of aliphatic hydroxyl groups excluding tert-OH is 3. The zero-order valence-corrected chi connectivity index (χ0v) is 53.0. The van der Waals surface area contributed by atoms with Crippen LogP contribution in [0.4, 0.5) is 0 Å². The Balaban J connectivity index is 0.718. The van der Waals surface area contributed by atoms with Crippen molar-refractivity contribution in [3.8, 4) is 0 Å². The quantitative estimate of drug-likeness (QED) is 0.0731. The molecule has 0 amide bonds. The first kappa shape index (κ1) is 67.5. The summed E-state index contributed by atoms with van der Waals surface area (Å²) >= 11 is 0. The third-order valence-corrected chi connectivity index (χ3v) is 21.5. The van der Waals surface area contributed by atoms with E-state index >= 15 is 0 Å². The minimum Gasteiger partial charge on any atom is -0.458 e. The Bertz CT molecular complexity index is 2620. The normalized spacial score (nSPS) is 47.9. The van der Waals surface area contributed by atoms with E-state index in [9.17, 15) is 39.9 Å². The summed E-state index contributed by atoms with van der Waals surface area (Å²) in [4.78, 5) is 40.5. The van der Waals surface area contributed by atoms with E-state index in [4.69, 9.17) is 71.1 Å². The molecule has 0 aromatic heterocycles. The van der Waals surface area contributed by atoms with Crippen LogP contribution < -0.4 is 0 Å². The molecule has 1 aromatic rings. The molecule has 10 rings (SSSR count). The Kier molecular flexibility index (Phi) is 20.6. The van der Waals surface area contributed by atoms with Crippen LogP contribution in [-0.4, -0.2) is 217 Å². The molecule has 8 fully saturated rings. The van der Waals surface area contributed by atoms with Crippen LogP contribution in [0.5, 0.6) is 0 Å². The second-order valence-electron chi connectivity index (χ2n) is 26.7. The van der Waals surface area contributed by atoms with Gasteiger partial charge in [0.1, 0.15) is 47.8 Å². The fourth-order valence-electron chi connectivity index (χ4n) is 16.7. The van der Waals surface area contributed by atoms with Gasteiger partial charge < -0.3 is 96.6 Å². The zero-order chi connectivity index (χ0) is 63.4. The van der Waals surface area contributed by atoms with E-state index in [0.29, 0.717) is 32.1 Å². The second kappa shape index (κ2) is 26.9. The van der Waals surface area contributed by atoms with E-state index in [2.05, 4.69) is 6.92 Å². The summed E-state index contributed by atoms with van der Waals surface area (Å²) < 4.78 is 93.4. The van der Waals surface area contributed by atoms with Gasteiger partial charge in [0.15, 0.2) is 42.8 Å². The summed E-state index contributed by atoms with van der Waals surface area (Å²) in [6.45, 7) is 15.3. The standard InChI is InChI=1S/C65H96O23/c1-33-56(71)45(74-10)29-53(77-33)86-59-37(5)81-55(31-47(59)76-12)87-60-36(4)80-54(30-46(60)75-11)85-58-35(3)79-52(28-44(58)69)84-57-34(2)78-51(27-43(57)68)82-42-21-22-61(8)41(26-42)20-23-63(72)48(61)32-49(83-50(70)19-18-40-16-14-13-15-17-40)62(9)64(38(6)66,88-39(7)67)24-25-65(62,63)73/h13-20,33-37,42-49,51-60,68-69,71-73H,21-32H2,1-12H3. The van der Waals surface area contributed by atoms with Crippen LogP contribution in [0.2, 0.25) is 0 Å². The minimum absolute atomic E-state index is 0.0215. The van der Waals surface area contributed by atoms with Crippen molar-refractivity contribution >= 4 is 23.8 Å². The lowest BCUT2D eigenvalue weighted by Gasteiger charge is -2.67. The summed E-state index contributed by atoms with van der Waals surface area (Å²) in [5, 5.41) is 60.1. The Morgan fingerprint density at radius 1 is 0.602 bits per heavy atom. The molecule has 0 radical (unpaired) electrons. The zero-order valence-electron chi connectivity index (χ0n) is 53.0. The number of fused-ring (bicyclic) bond motifs is 5. The number of ether oxygens (including phenoxy) is 15. The van der Waals surface area contributed by atoms with Gasteiger partial charge in [0.2, 0.25) is 0 Å². The molecule has 3 saturated carbocycles. The summed E-state index contributed by atoms with van der Waals surface area (Å²) in [7, 11) is 4.76. The van der Waals surface area contributed by atoms with Gasteiger partial charge in [-0.3, -0.25) is 9.59 Å². The number of hydrogen-bond acceptors (Lipinski definition) is 23. The summed E-state index contributed by atoms with van der Waals surface area (Å²) in [5.74, 6) is -2.61. The predicted octanol–water partition coefficient (Wildman–Crippen LogP) is 5.03.